The molecule has 116 valence electrons. The van der Waals surface area contributed by atoms with E-state index in [2.05, 4.69) is 0 Å². The van der Waals surface area contributed by atoms with Crippen LogP contribution in [0.3, 0.4) is 0 Å². The van der Waals surface area contributed by atoms with Gasteiger partial charge in [-0.3, -0.25) is 9.69 Å². The summed E-state index contributed by atoms with van der Waals surface area (Å²) in [6.07, 6.45) is 1.31. The molecule has 1 aromatic rings. The molecule has 2 rings (SSSR count). The third-order valence-electron chi connectivity index (χ3n) is 3.52. The highest BCUT2D eigenvalue weighted by Crippen LogP contribution is 2.26. The summed E-state index contributed by atoms with van der Waals surface area (Å²) in [4.78, 5) is 12.7. The number of carboxylic acid groups (broad SMARTS) is 1. The second-order valence-corrected chi connectivity index (χ2v) is 7.85. The fourth-order valence-corrected chi connectivity index (χ4v) is 4.51. The molecule has 1 N–H and O–H groups in total. The van der Waals surface area contributed by atoms with Gasteiger partial charge in [0.1, 0.15) is 6.04 Å². The summed E-state index contributed by atoms with van der Waals surface area (Å²) in [6.45, 7) is 0.762. The molecule has 0 aliphatic carbocycles. The first kappa shape index (κ1) is 16.5. The van der Waals surface area contributed by atoms with Gasteiger partial charge in [-0.05, 0) is 37.6 Å². The van der Waals surface area contributed by atoms with Crippen molar-refractivity contribution in [1.29, 1.82) is 0 Å². The summed E-state index contributed by atoms with van der Waals surface area (Å²) < 4.78 is 24.6. The van der Waals surface area contributed by atoms with Crippen LogP contribution in [0.4, 0.5) is 0 Å². The number of hydrogen-bond acceptors (Lipinski definition) is 4. The molecule has 8 heteroatoms. The number of carbonyl (C=O) groups is 1. The Morgan fingerprint density at radius 3 is 2.76 bits per heavy atom. The van der Waals surface area contributed by atoms with Crippen LogP contribution in [0, 0.1) is 0 Å². The van der Waals surface area contributed by atoms with Gasteiger partial charge in [-0.2, -0.15) is 0 Å². The summed E-state index contributed by atoms with van der Waals surface area (Å²) in [6, 6.07) is 3.67. The van der Waals surface area contributed by atoms with Crippen molar-refractivity contribution in [3.8, 4) is 0 Å². The van der Waals surface area contributed by atoms with E-state index in [1.165, 1.54) is 18.2 Å². The van der Waals surface area contributed by atoms with Crippen molar-refractivity contribution >= 4 is 39.0 Å². The Kier molecular flexibility index (Phi) is 5.14. The van der Waals surface area contributed by atoms with Gasteiger partial charge in [0.05, 0.1) is 15.7 Å². The molecular formula is C13H15Cl2NO4S. The number of carboxylic acids is 1. The van der Waals surface area contributed by atoms with Crippen molar-refractivity contribution in [3.05, 3.63) is 28.2 Å². The van der Waals surface area contributed by atoms with Crippen molar-refractivity contribution < 1.29 is 18.3 Å². The summed E-state index contributed by atoms with van der Waals surface area (Å²) in [5, 5.41) is 9.50. The van der Waals surface area contributed by atoms with Gasteiger partial charge >= 0.3 is 5.97 Å². The minimum absolute atomic E-state index is 0.0114. The number of aliphatic carboxylic acids is 1. The first-order chi connectivity index (χ1) is 9.81. The Labute approximate surface area is 133 Å². The first-order valence-corrected chi connectivity index (χ1v) is 8.87. The van der Waals surface area contributed by atoms with Gasteiger partial charge in [-0.1, -0.05) is 23.2 Å². The maximum absolute atomic E-state index is 12.3. The van der Waals surface area contributed by atoms with E-state index < -0.39 is 21.8 Å². The lowest BCUT2D eigenvalue weighted by molar-refractivity contribution is -0.142. The second-order valence-electron chi connectivity index (χ2n) is 4.93. The first-order valence-electron chi connectivity index (χ1n) is 6.46. The number of rotatable bonds is 5. The van der Waals surface area contributed by atoms with Crippen molar-refractivity contribution in [3.63, 3.8) is 0 Å². The van der Waals surface area contributed by atoms with E-state index in [4.69, 9.17) is 28.3 Å². The third-order valence-corrected chi connectivity index (χ3v) is 5.93. The van der Waals surface area contributed by atoms with Crippen LogP contribution in [-0.4, -0.2) is 49.3 Å². The SMILES string of the molecule is O=C(O)[C@@H]1CCCN1CCS(=O)(=O)c1cc(Cl)ccc1Cl. The van der Waals surface area contributed by atoms with Crippen LogP contribution in [0.15, 0.2) is 23.1 Å². The van der Waals surface area contributed by atoms with Crippen molar-refractivity contribution in [2.24, 2.45) is 0 Å². The summed E-state index contributed by atoms with van der Waals surface area (Å²) in [5.41, 5.74) is 0. The quantitative estimate of drug-likeness (QED) is 0.880. The molecule has 1 aliphatic heterocycles. The normalized spacial score (nSPS) is 19.8. The molecule has 0 unspecified atom stereocenters. The minimum Gasteiger partial charge on any atom is -0.480 e. The van der Waals surface area contributed by atoms with Crippen molar-refractivity contribution in [1.82, 2.24) is 4.90 Å². The molecule has 1 aliphatic rings. The molecule has 1 atom stereocenters. The summed E-state index contributed by atoms with van der Waals surface area (Å²) >= 11 is 11.7. The molecule has 0 radical (unpaired) electrons. The van der Waals surface area contributed by atoms with E-state index in [-0.39, 0.29) is 22.2 Å². The zero-order chi connectivity index (χ0) is 15.6. The molecule has 1 saturated heterocycles. The average Bonchev–Trinajstić information content (AvgIpc) is 2.88. The highest BCUT2D eigenvalue weighted by molar-refractivity contribution is 7.91. The van der Waals surface area contributed by atoms with Crippen LogP contribution in [0.25, 0.3) is 0 Å². The molecule has 0 amide bonds. The molecule has 1 fully saturated rings. The monoisotopic (exact) mass is 351 g/mol. The Hall–Kier alpha value is -0.820. The lowest BCUT2D eigenvalue weighted by Crippen LogP contribution is -2.38. The van der Waals surface area contributed by atoms with E-state index in [9.17, 15) is 13.2 Å². The number of halogens is 2. The Balaban J connectivity index is 2.11. The van der Waals surface area contributed by atoms with Crippen molar-refractivity contribution in [2.75, 3.05) is 18.8 Å². The largest absolute Gasteiger partial charge is 0.480 e. The van der Waals surface area contributed by atoms with Crippen LogP contribution in [0.2, 0.25) is 10.0 Å². The zero-order valence-corrected chi connectivity index (χ0v) is 13.5. The maximum Gasteiger partial charge on any atom is 0.320 e. The van der Waals surface area contributed by atoms with Crippen LogP contribution >= 0.6 is 23.2 Å². The highest BCUT2D eigenvalue weighted by atomic mass is 35.5. The lowest BCUT2D eigenvalue weighted by atomic mass is 10.2. The van der Waals surface area contributed by atoms with Crippen LogP contribution < -0.4 is 0 Å². The maximum atomic E-state index is 12.3. The van der Waals surface area contributed by atoms with E-state index in [1.54, 1.807) is 4.90 Å². The van der Waals surface area contributed by atoms with Gasteiger partial charge in [0.2, 0.25) is 0 Å². The van der Waals surface area contributed by atoms with Crippen LogP contribution in [0.5, 0.6) is 0 Å². The minimum atomic E-state index is -3.60. The van der Waals surface area contributed by atoms with Gasteiger partial charge in [0.15, 0.2) is 9.84 Å². The Morgan fingerprint density at radius 1 is 1.38 bits per heavy atom. The molecule has 0 saturated carbocycles. The second kappa shape index (κ2) is 6.52. The highest BCUT2D eigenvalue weighted by Gasteiger charge is 2.31. The molecule has 5 nitrogen and oxygen atoms in total. The average molecular weight is 352 g/mol. The standard InChI is InChI=1S/C13H15Cl2NO4S/c14-9-3-4-10(15)12(8-9)21(19,20)7-6-16-5-1-2-11(16)13(17)18/h3-4,8,11H,1-2,5-7H2,(H,17,18)/t11-/m0/s1. The molecule has 0 spiro atoms. The van der Waals surface area contributed by atoms with Gasteiger partial charge in [-0.15, -0.1) is 0 Å². The number of nitrogens with zero attached hydrogens (tertiary/aromatic N) is 1. The molecule has 1 aromatic carbocycles. The number of benzene rings is 1. The van der Waals surface area contributed by atoms with E-state index in [1.807, 2.05) is 0 Å². The van der Waals surface area contributed by atoms with Gasteiger partial charge in [0.25, 0.3) is 0 Å². The Bertz CT molecular complexity index is 648. The topological polar surface area (TPSA) is 74.7 Å². The van der Waals surface area contributed by atoms with Crippen LogP contribution in [-0.2, 0) is 14.6 Å². The fourth-order valence-electron chi connectivity index (χ4n) is 2.44. The molecule has 0 bridgehead atoms. The van der Waals surface area contributed by atoms with Gasteiger partial charge < -0.3 is 5.11 Å². The molecule has 21 heavy (non-hydrogen) atoms. The van der Waals surface area contributed by atoms with Crippen LogP contribution in [0.1, 0.15) is 12.8 Å². The van der Waals surface area contributed by atoms with E-state index in [0.717, 1.165) is 6.42 Å². The van der Waals surface area contributed by atoms with E-state index in [0.29, 0.717) is 18.0 Å². The predicted octanol–water partition coefficient (Wildman–Crippen LogP) is 2.32. The Morgan fingerprint density at radius 2 is 2.10 bits per heavy atom. The smallest absolute Gasteiger partial charge is 0.320 e. The zero-order valence-electron chi connectivity index (χ0n) is 11.1. The van der Waals surface area contributed by atoms with Gasteiger partial charge in [-0.25, -0.2) is 8.42 Å². The van der Waals surface area contributed by atoms with Crippen molar-refractivity contribution in [2.45, 2.75) is 23.8 Å². The van der Waals surface area contributed by atoms with E-state index >= 15 is 0 Å². The summed E-state index contributed by atoms with van der Waals surface area (Å²) in [5.74, 6) is -1.10. The molecule has 1 heterocycles. The fraction of sp³-hybridized carbons (Fsp3) is 0.462. The van der Waals surface area contributed by atoms with Gasteiger partial charge in [0, 0.05) is 11.6 Å². The predicted molar refractivity (Wildman–Crippen MR) is 80.7 cm³/mol. The third kappa shape index (κ3) is 3.88. The number of likely N-dealkylation sites (tertiary alicyclic amines) is 1. The lowest BCUT2D eigenvalue weighted by Gasteiger charge is -2.20. The molecule has 0 aromatic heterocycles. The molecular weight excluding hydrogens is 337 g/mol. The summed E-state index contributed by atoms with van der Waals surface area (Å²) in [7, 11) is -3.60. The number of hydrogen-bond donors (Lipinski definition) is 1. The number of sulfone groups is 1.